The first-order valence-electron chi connectivity index (χ1n) is 5.51. The first kappa shape index (κ1) is 15.8. The highest BCUT2D eigenvalue weighted by atomic mass is 35.5. The highest BCUT2D eigenvalue weighted by Crippen LogP contribution is 2.31. The van der Waals surface area contributed by atoms with Gasteiger partial charge in [-0.15, -0.1) is 0 Å². The largest absolute Gasteiger partial charge is 0.478 e. The maximum absolute atomic E-state index is 12.0. The van der Waals surface area contributed by atoms with Crippen LogP contribution < -0.4 is 11.1 Å². The molecule has 7 heteroatoms. The Kier molecular flexibility index (Phi) is 4.79. The molecule has 0 saturated carbocycles. The maximum Gasteiger partial charge on any atom is 0.337 e. The second kappa shape index (κ2) is 5.77. The van der Waals surface area contributed by atoms with Gasteiger partial charge < -0.3 is 16.2 Å². The summed E-state index contributed by atoms with van der Waals surface area (Å²) in [5.41, 5.74) is 4.48. The summed E-state index contributed by atoms with van der Waals surface area (Å²) in [6.45, 7) is 3.30. The fraction of sp³-hybridized carbons (Fsp3) is 0.333. The highest BCUT2D eigenvalue weighted by molar-refractivity contribution is 6.37. The summed E-state index contributed by atoms with van der Waals surface area (Å²) in [4.78, 5) is 23.1. The van der Waals surface area contributed by atoms with Crippen molar-refractivity contribution in [3.8, 4) is 0 Å². The minimum Gasteiger partial charge on any atom is -0.478 e. The summed E-state index contributed by atoms with van der Waals surface area (Å²) in [6.07, 6.45) is 0.395. The van der Waals surface area contributed by atoms with E-state index in [-0.39, 0.29) is 21.3 Å². The van der Waals surface area contributed by atoms with Crippen molar-refractivity contribution in [3.05, 3.63) is 27.7 Å². The summed E-state index contributed by atoms with van der Waals surface area (Å²) in [5, 5.41) is 11.7. The molecule has 1 amide bonds. The maximum atomic E-state index is 12.0. The van der Waals surface area contributed by atoms with Gasteiger partial charge in [0.1, 0.15) is 0 Å². The Bertz CT molecular complexity index is 530. The molecule has 1 unspecified atom stereocenters. The minimum atomic E-state index is -1.24. The molecule has 0 fully saturated rings. The quantitative estimate of drug-likeness (QED) is 0.797. The molecule has 19 heavy (non-hydrogen) atoms. The van der Waals surface area contributed by atoms with Crippen LogP contribution in [0.25, 0.3) is 0 Å². The number of carbonyl (C=O) groups is 2. The van der Waals surface area contributed by atoms with Crippen molar-refractivity contribution in [1.82, 2.24) is 0 Å². The summed E-state index contributed by atoms with van der Waals surface area (Å²) >= 11 is 11.6. The Balaban J connectivity index is 3.21. The third-order valence-electron chi connectivity index (χ3n) is 2.78. The molecule has 0 heterocycles. The van der Waals surface area contributed by atoms with Gasteiger partial charge in [0.25, 0.3) is 0 Å². The van der Waals surface area contributed by atoms with Crippen molar-refractivity contribution < 1.29 is 14.7 Å². The van der Waals surface area contributed by atoms with E-state index in [2.05, 4.69) is 5.32 Å². The standard InChI is InChI=1S/C12H14Cl2N2O3/c1-3-12(2,15)11(19)16-9-7(10(17)18)4-6(13)5-8(9)14/h4-5H,3,15H2,1-2H3,(H,16,19)(H,17,18). The predicted octanol–water partition coefficient (Wildman–Crippen LogP) is 2.76. The second-order valence-electron chi connectivity index (χ2n) is 4.34. The van der Waals surface area contributed by atoms with Gasteiger partial charge in [-0.1, -0.05) is 30.1 Å². The van der Waals surface area contributed by atoms with E-state index in [4.69, 9.17) is 34.0 Å². The van der Waals surface area contributed by atoms with Crippen LogP contribution in [-0.2, 0) is 4.79 Å². The molecule has 1 atom stereocenters. The number of benzene rings is 1. The molecule has 0 saturated heterocycles. The molecule has 104 valence electrons. The number of carboxylic acid groups (broad SMARTS) is 1. The monoisotopic (exact) mass is 304 g/mol. The molecule has 0 aliphatic rings. The number of amides is 1. The molecular formula is C12H14Cl2N2O3. The van der Waals surface area contributed by atoms with Gasteiger partial charge in [0, 0.05) is 5.02 Å². The second-order valence-corrected chi connectivity index (χ2v) is 5.18. The normalized spacial score (nSPS) is 13.7. The average molecular weight is 305 g/mol. The van der Waals surface area contributed by atoms with E-state index in [1.807, 2.05) is 0 Å². The molecule has 0 radical (unpaired) electrons. The summed E-state index contributed by atoms with van der Waals surface area (Å²) in [5.74, 6) is -1.75. The first-order chi connectivity index (χ1) is 8.69. The summed E-state index contributed by atoms with van der Waals surface area (Å²) in [7, 11) is 0. The van der Waals surface area contributed by atoms with E-state index in [1.54, 1.807) is 13.8 Å². The third-order valence-corrected chi connectivity index (χ3v) is 3.29. The lowest BCUT2D eigenvalue weighted by atomic mass is 9.99. The molecule has 0 spiro atoms. The zero-order valence-corrected chi connectivity index (χ0v) is 12.0. The number of carboxylic acids is 1. The van der Waals surface area contributed by atoms with Crippen LogP contribution in [0.1, 0.15) is 30.6 Å². The van der Waals surface area contributed by atoms with Crippen LogP contribution in [0.5, 0.6) is 0 Å². The van der Waals surface area contributed by atoms with E-state index in [1.165, 1.54) is 12.1 Å². The summed E-state index contributed by atoms with van der Waals surface area (Å²) < 4.78 is 0. The van der Waals surface area contributed by atoms with Crippen LogP contribution in [0, 0.1) is 0 Å². The lowest BCUT2D eigenvalue weighted by Crippen LogP contribution is -2.48. The molecule has 1 rings (SSSR count). The van der Waals surface area contributed by atoms with Gasteiger partial charge in [0.15, 0.2) is 0 Å². The minimum absolute atomic E-state index is 0.00584. The van der Waals surface area contributed by atoms with Gasteiger partial charge >= 0.3 is 5.97 Å². The molecule has 0 aromatic heterocycles. The molecule has 0 aliphatic heterocycles. The van der Waals surface area contributed by atoms with Gasteiger partial charge in [-0.05, 0) is 25.5 Å². The van der Waals surface area contributed by atoms with Gasteiger partial charge in [-0.3, -0.25) is 4.79 Å². The SMILES string of the molecule is CCC(C)(N)C(=O)Nc1c(Cl)cc(Cl)cc1C(=O)O. The molecule has 4 N–H and O–H groups in total. The van der Waals surface area contributed by atoms with E-state index in [9.17, 15) is 9.59 Å². The Morgan fingerprint density at radius 2 is 2.00 bits per heavy atom. The summed E-state index contributed by atoms with van der Waals surface area (Å²) in [6, 6.07) is 2.57. The number of anilines is 1. The molecule has 0 bridgehead atoms. The number of nitrogens with two attached hydrogens (primary N) is 1. The lowest BCUT2D eigenvalue weighted by Gasteiger charge is -2.22. The van der Waals surface area contributed by atoms with Crippen molar-refractivity contribution in [2.75, 3.05) is 5.32 Å². The van der Waals surface area contributed by atoms with Gasteiger partial charge in [-0.25, -0.2) is 4.79 Å². The van der Waals surface area contributed by atoms with Crippen LogP contribution in [-0.4, -0.2) is 22.5 Å². The van der Waals surface area contributed by atoms with Crippen LogP contribution in [0.4, 0.5) is 5.69 Å². The van der Waals surface area contributed by atoms with Crippen molar-refractivity contribution in [2.24, 2.45) is 5.73 Å². The number of halogens is 2. The number of hydrogen-bond donors (Lipinski definition) is 3. The Morgan fingerprint density at radius 1 is 1.42 bits per heavy atom. The van der Waals surface area contributed by atoms with E-state index in [0.29, 0.717) is 6.42 Å². The molecular weight excluding hydrogens is 291 g/mol. The van der Waals surface area contributed by atoms with Gasteiger partial charge in [0.05, 0.1) is 21.8 Å². The Labute approximate surface area is 120 Å². The highest BCUT2D eigenvalue weighted by Gasteiger charge is 2.28. The number of nitrogens with one attached hydrogen (secondary N) is 1. The lowest BCUT2D eigenvalue weighted by molar-refractivity contribution is -0.120. The Morgan fingerprint density at radius 3 is 2.47 bits per heavy atom. The van der Waals surface area contributed by atoms with E-state index in [0.717, 1.165) is 0 Å². The molecule has 1 aromatic rings. The van der Waals surface area contributed by atoms with Crippen LogP contribution in [0.15, 0.2) is 12.1 Å². The number of aromatic carboxylic acids is 1. The Hall–Kier alpha value is -1.30. The van der Waals surface area contributed by atoms with E-state index < -0.39 is 17.4 Å². The molecule has 5 nitrogen and oxygen atoms in total. The van der Waals surface area contributed by atoms with Crippen molar-refractivity contribution >= 4 is 40.8 Å². The number of hydrogen-bond acceptors (Lipinski definition) is 3. The number of carbonyl (C=O) groups excluding carboxylic acids is 1. The van der Waals surface area contributed by atoms with Crippen LogP contribution in [0.2, 0.25) is 10.0 Å². The predicted molar refractivity (Wildman–Crippen MR) is 74.9 cm³/mol. The van der Waals surface area contributed by atoms with Crippen LogP contribution >= 0.6 is 23.2 Å². The fourth-order valence-corrected chi connectivity index (χ4v) is 1.83. The number of rotatable bonds is 4. The zero-order chi connectivity index (χ0) is 14.8. The van der Waals surface area contributed by atoms with Gasteiger partial charge in [0.2, 0.25) is 5.91 Å². The first-order valence-corrected chi connectivity index (χ1v) is 6.27. The van der Waals surface area contributed by atoms with Crippen molar-refractivity contribution in [2.45, 2.75) is 25.8 Å². The molecule has 0 aliphatic carbocycles. The zero-order valence-electron chi connectivity index (χ0n) is 10.5. The third kappa shape index (κ3) is 3.59. The smallest absolute Gasteiger partial charge is 0.337 e. The van der Waals surface area contributed by atoms with Crippen molar-refractivity contribution in [3.63, 3.8) is 0 Å². The van der Waals surface area contributed by atoms with Crippen molar-refractivity contribution in [1.29, 1.82) is 0 Å². The fourth-order valence-electron chi connectivity index (χ4n) is 1.29. The molecule has 1 aromatic carbocycles. The van der Waals surface area contributed by atoms with E-state index >= 15 is 0 Å². The van der Waals surface area contributed by atoms with Crippen LogP contribution in [0.3, 0.4) is 0 Å². The average Bonchev–Trinajstić information content (AvgIpc) is 2.31. The van der Waals surface area contributed by atoms with Gasteiger partial charge in [-0.2, -0.15) is 0 Å². The topological polar surface area (TPSA) is 92.4 Å².